The van der Waals surface area contributed by atoms with Crippen LogP contribution in [0.5, 0.6) is 0 Å². The van der Waals surface area contributed by atoms with E-state index in [0.29, 0.717) is 42.8 Å². The van der Waals surface area contributed by atoms with Crippen molar-refractivity contribution in [3.63, 3.8) is 0 Å². The number of piperazine rings is 1. The molecular weight excluding hydrogens is 456 g/mol. The zero-order chi connectivity index (χ0) is 23.0. The number of rotatable bonds is 5. The molecule has 0 spiro atoms. The summed E-state index contributed by atoms with van der Waals surface area (Å²) in [6, 6.07) is 16.9. The van der Waals surface area contributed by atoms with Crippen LogP contribution in [0.1, 0.15) is 10.7 Å². The number of thiazole rings is 1. The van der Waals surface area contributed by atoms with Crippen molar-refractivity contribution in [1.29, 1.82) is 0 Å². The molecule has 0 bridgehead atoms. The minimum Gasteiger partial charge on any atom is -0.340 e. The molecule has 4 aromatic rings. The molecule has 8 nitrogen and oxygen atoms in total. The summed E-state index contributed by atoms with van der Waals surface area (Å²) in [5.74, 6) is 1.32. The van der Waals surface area contributed by atoms with Gasteiger partial charge in [0.05, 0.1) is 20.1 Å². The Morgan fingerprint density at radius 3 is 2.42 bits per heavy atom. The monoisotopic (exact) mass is 480 g/mol. The summed E-state index contributed by atoms with van der Waals surface area (Å²) >= 11 is 1.51. The molecular formula is C23H24N6O2S2. The molecule has 0 saturated carbocycles. The fourth-order valence-electron chi connectivity index (χ4n) is 3.89. The molecule has 33 heavy (non-hydrogen) atoms. The molecule has 1 aliphatic rings. The molecule has 1 aliphatic heterocycles. The third-order valence-corrected chi connectivity index (χ3v) is 8.34. The second-order valence-electron chi connectivity index (χ2n) is 7.94. The van der Waals surface area contributed by atoms with Crippen molar-refractivity contribution in [2.75, 3.05) is 36.4 Å². The van der Waals surface area contributed by atoms with E-state index in [2.05, 4.69) is 20.3 Å². The molecule has 2 aromatic heterocycles. The van der Waals surface area contributed by atoms with E-state index in [1.54, 1.807) is 18.2 Å². The van der Waals surface area contributed by atoms with E-state index in [0.717, 1.165) is 26.6 Å². The van der Waals surface area contributed by atoms with Gasteiger partial charge in [0, 0.05) is 43.6 Å². The van der Waals surface area contributed by atoms with Crippen molar-refractivity contribution in [2.45, 2.75) is 18.7 Å². The van der Waals surface area contributed by atoms with Gasteiger partial charge in [0.25, 0.3) is 0 Å². The minimum absolute atomic E-state index is 0.313. The van der Waals surface area contributed by atoms with Crippen molar-refractivity contribution in [3.05, 3.63) is 65.3 Å². The maximum atomic E-state index is 13.2. The van der Waals surface area contributed by atoms with Crippen LogP contribution in [0.4, 0.5) is 17.5 Å². The maximum absolute atomic E-state index is 13.2. The number of sulfonamides is 1. The van der Waals surface area contributed by atoms with Crippen LogP contribution in [0.2, 0.25) is 0 Å². The number of aryl methyl sites for hydroxylation is 2. The lowest BCUT2D eigenvalue weighted by atomic mass is 10.3. The summed E-state index contributed by atoms with van der Waals surface area (Å²) in [6.07, 6.45) is 0. The topological polar surface area (TPSA) is 91.3 Å². The van der Waals surface area contributed by atoms with Crippen LogP contribution in [-0.4, -0.2) is 53.9 Å². The lowest BCUT2D eigenvalue weighted by molar-refractivity contribution is 0.382. The van der Waals surface area contributed by atoms with Crippen LogP contribution < -0.4 is 10.2 Å². The van der Waals surface area contributed by atoms with Gasteiger partial charge >= 0.3 is 0 Å². The summed E-state index contributed by atoms with van der Waals surface area (Å²) in [4.78, 5) is 16.0. The third kappa shape index (κ3) is 4.54. The van der Waals surface area contributed by atoms with Crippen LogP contribution in [0.25, 0.3) is 10.2 Å². The molecule has 0 unspecified atom stereocenters. The van der Waals surface area contributed by atoms with E-state index >= 15 is 0 Å². The van der Waals surface area contributed by atoms with Crippen LogP contribution in [0.15, 0.2) is 59.5 Å². The molecule has 170 valence electrons. The Morgan fingerprint density at radius 2 is 1.67 bits per heavy atom. The average Bonchev–Trinajstić information content (AvgIpc) is 3.19. The van der Waals surface area contributed by atoms with E-state index < -0.39 is 10.0 Å². The number of hydrogen-bond donors (Lipinski definition) is 1. The van der Waals surface area contributed by atoms with Gasteiger partial charge in [-0.2, -0.15) is 9.29 Å². The van der Waals surface area contributed by atoms with E-state index in [1.165, 1.54) is 15.6 Å². The van der Waals surface area contributed by atoms with Crippen molar-refractivity contribution >= 4 is 49.0 Å². The Balaban J connectivity index is 1.31. The van der Waals surface area contributed by atoms with Crippen molar-refractivity contribution < 1.29 is 8.42 Å². The Morgan fingerprint density at radius 1 is 0.909 bits per heavy atom. The van der Waals surface area contributed by atoms with E-state index in [4.69, 9.17) is 0 Å². The first-order valence-electron chi connectivity index (χ1n) is 10.7. The SMILES string of the molecule is Cc1cc(Nc2ccccc2)nc(N2CCN(S(=O)(=O)c3ccc4nc(C)sc4c3)CC2)n1. The second-order valence-corrected chi connectivity index (χ2v) is 11.1. The zero-order valence-corrected chi connectivity index (χ0v) is 20.0. The summed E-state index contributed by atoms with van der Waals surface area (Å²) in [5.41, 5.74) is 2.63. The lowest BCUT2D eigenvalue weighted by Gasteiger charge is -2.34. The zero-order valence-electron chi connectivity index (χ0n) is 18.4. The van der Waals surface area contributed by atoms with Gasteiger partial charge in [0.15, 0.2) is 0 Å². The van der Waals surface area contributed by atoms with Crippen molar-refractivity contribution in [3.8, 4) is 0 Å². The first-order valence-corrected chi connectivity index (χ1v) is 12.9. The number of nitrogens with one attached hydrogen (secondary N) is 1. The van der Waals surface area contributed by atoms with Gasteiger partial charge in [0.2, 0.25) is 16.0 Å². The molecule has 0 amide bonds. The number of nitrogens with zero attached hydrogens (tertiary/aromatic N) is 5. The molecule has 0 atom stereocenters. The molecule has 2 aromatic carbocycles. The van der Waals surface area contributed by atoms with Crippen LogP contribution >= 0.6 is 11.3 Å². The number of fused-ring (bicyclic) bond motifs is 1. The molecule has 0 radical (unpaired) electrons. The molecule has 10 heteroatoms. The van der Waals surface area contributed by atoms with Crippen molar-refractivity contribution in [1.82, 2.24) is 19.3 Å². The first-order chi connectivity index (χ1) is 15.9. The van der Waals surface area contributed by atoms with Gasteiger partial charge in [-0.3, -0.25) is 0 Å². The summed E-state index contributed by atoms with van der Waals surface area (Å²) in [6.45, 7) is 5.65. The molecule has 3 heterocycles. The van der Waals surface area contributed by atoms with Crippen LogP contribution in [0.3, 0.4) is 0 Å². The number of anilines is 3. The first kappa shape index (κ1) is 21.7. The normalized spacial score (nSPS) is 15.2. The van der Waals surface area contributed by atoms with E-state index in [1.807, 2.05) is 55.1 Å². The highest BCUT2D eigenvalue weighted by Crippen LogP contribution is 2.27. The van der Waals surface area contributed by atoms with Crippen LogP contribution in [-0.2, 0) is 10.0 Å². The Kier molecular flexibility index (Phi) is 5.73. The Hall–Kier alpha value is -3.08. The number of benzene rings is 2. The fourth-order valence-corrected chi connectivity index (χ4v) is 6.28. The maximum Gasteiger partial charge on any atom is 0.243 e. The molecule has 0 aliphatic carbocycles. The average molecular weight is 481 g/mol. The highest BCUT2D eigenvalue weighted by Gasteiger charge is 2.30. The Labute approximate surface area is 197 Å². The lowest BCUT2D eigenvalue weighted by Crippen LogP contribution is -2.49. The fraction of sp³-hybridized carbons (Fsp3) is 0.261. The van der Waals surface area contributed by atoms with Crippen LogP contribution in [0, 0.1) is 13.8 Å². The van der Waals surface area contributed by atoms with Gasteiger partial charge in [-0.1, -0.05) is 18.2 Å². The quantitative estimate of drug-likeness (QED) is 0.462. The molecule has 1 N–H and O–H groups in total. The van der Waals surface area contributed by atoms with Gasteiger partial charge in [0.1, 0.15) is 5.82 Å². The van der Waals surface area contributed by atoms with Crippen molar-refractivity contribution in [2.24, 2.45) is 0 Å². The second kappa shape index (κ2) is 8.69. The Bertz CT molecular complexity index is 1400. The van der Waals surface area contributed by atoms with E-state index in [9.17, 15) is 8.42 Å². The van der Waals surface area contributed by atoms with Gasteiger partial charge in [-0.25, -0.2) is 18.4 Å². The largest absolute Gasteiger partial charge is 0.340 e. The standard InChI is InChI=1S/C23H24N6O2S2/c1-16-14-22(26-18-6-4-3-5-7-18)27-23(24-16)28-10-12-29(13-11-28)33(30,31)19-8-9-20-21(15-19)32-17(2)25-20/h3-9,14-15H,10-13H2,1-2H3,(H,24,26,27). The molecule has 1 fully saturated rings. The predicted octanol–water partition coefficient (Wildman–Crippen LogP) is 3.96. The van der Waals surface area contributed by atoms with Gasteiger partial charge < -0.3 is 10.2 Å². The van der Waals surface area contributed by atoms with Gasteiger partial charge in [-0.05, 0) is 44.2 Å². The number of hydrogen-bond acceptors (Lipinski definition) is 8. The molecule has 1 saturated heterocycles. The molecule has 5 rings (SSSR count). The van der Waals surface area contributed by atoms with Gasteiger partial charge in [-0.15, -0.1) is 11.3 Å². The summed E-state index contributed by atoms with van der Waals surface area (Å²) in [5, 5.41) is 4.23. The third-order valence-electron chi connectivity index (χ3n) is 5.51. The van der Waals surface area contributed by atoms with E-state index in [-0.39, 0.29) is 0 Å². The minimum atomic E-state index is -3.57. The highest BCUT2D eigenvalue weighted by molar-refractivity contribution is 7.89. The highest BCUT2D eigenvalue weighted by atomic mass is 32.2. The predicted molar refractivity (Wildman–Crippen MR) is 132 cm³/mol. The number of aromatic nitrogens is 3. The summed E-state index contributed by atoms with van der Waals surface area (Å²) in [7, 11) is -3.57. The summed E-state index contributed by atoms with van der Waals surface area (Å²) < 4.78 is 28.9. The number of para-hydroxylation sites is 1. The smallest absolute Gasteiger partial charge is 0.243 e.